The summed E-state index contributed by atoms with van der Waals surface area (Å²) in [5, 5.41) is 23.6. The maximum Gasteiger partial charge on any atom is 0.276 e. The first-order valence-electron chi connectivity index (χ1n) is 11.5. The second-order valence-electron chi connectivity index (χ2n) is 8.34. The highest BCUT2D eigenvalue weighted by molar-refractivity contribution is 14.1. The number of carbonyl (C=O) groups is 2. The topological polar surface area (TPSA) is 123 Å². The van der Waals surface area contributed by atoms with E-state index in [9.17, 15) is 22.8 Å². The van der Waals surface area contributed by atoms with Crippen LogP contribution >= 0.6 is 72.7 Å². The summed E-state index contributed by atoms with van der Waals surface area (Å²) in [5.74, 6) is -6.58. The minimum Gasteiger partial charge on any atom is -0.354 e. The lowest BCUT2D eigenvalue weighted by Crippen LogP contribution is -2.21. The third kappa shape index (κ3) is 8.47. The first kappa shape index (κ1) is 33.9. The van der Waals surface area contributed by atoms with Crippen molar-refractivity contribution in [2.75, 3.05) is 10.6 Å². The van der Waals surface area contributed by atoms with Crippen LogP contribution in [-0.4, -0.2) is 22.2 Å². The van der Waals surface area contributed by atoms with Crippen LogP contribution in [-0.2, 0) is 0 Å². The monoisotopic (exact) mass is 888 g/mol. The van der Waals surface area contributed by atoms with Crippen molar-refractivity contribution in [1.29, 1.82) is 0 Å². The van der Waals surface area contributed by atoms with Gasteiger partial charge in [-0.1, -0.05) is 17.7 Å². The highest BCUT2D eigenvalue weighted by Gasteiger charge is 2.23. The van der Waals surface area contributed by atoms with Crippen molar-refractivity contribution >= 4 is 107 Å². The second kappa shape index (κ2) is 15.2. The molecule has 0 aliphatic rings. The van der Waals surface area contributed by atoms with Crippen molar-refractivity contribution in [1.82, 2.24) is 11.0 Å². The van der Waals surface area contributed by atoms with Crippen LogP contribution in [0.1, 0.15) is 26.3 Å². The molecule has 0 spiro atoms. The number of aryl methyl sites for hydroxylation is 1. The van der Waals surface area contributed by atoms with Gasteiger partial charge in [-0.2, -0.15) is 0 Å². The van der Waals surface area contributed by atoms with Crippen molar-refractivity contribution < 1.29 is 33.2 Å². The molecule has 8 nitrogen and oxygen atoms in total. The molecular weight excluding hydrogens is 870 g/mol. The minimum atomic E-state index is -1.72. The Hall–Kier alpha value is -2.64. The first-order valence-corrected chi connectivity index (χ1v) is 14.8. The Balaban J connectivity index is 0.000000231. The van der Waals surface area contributed by atoms with Gasteiger partial charge in [0.05, 0.1) is 38.9 Å². The maximum atomic E-state index is 14.0. The van der Waals surface area contributed by atoms with E-state index in [0.29, 0.717) is 38.2 Å². The van der Waals surface area contributed by atoms with Crippen molar-refractivity contribution in [2.24, 2.45) is 0 Å². The lowest BCUT2D eigenvalue weighted by Gasteiger charge is -2.14. The molecule has 42 heavy (non-hydrogen) atoms. The van der Waals surface area contributed by atoms with Crippen molar-refractivity contribution in [3.05, 3.63) is 111 Å². The van der Waals surface area contributed by atoms with Crippen LogP contribution in [0.3, 0.4) is 0 Å². The third-order valence-electron chi connectivity index (χ3n) is 5.42. The SMILES string of the molecule is Cc1ccc(C(=O)NO)c(Nc2ccc(I)cc2Cl)c1.O=C(NO)c1cc(F)c(F)c(F)c1Nc1ccc(I)cc1Br. The third-order valence-corrected chi connectivity index (χ3v) is 7.73. The Morgan fingerprint density at radius 3 is 1.95 bits per heavy atom. The number of hydrogen-bond acceptors (Lipinski definition) is 6. The number of amides is 2. The number of nitrogens with one attached hydrogen (secondary N) is 4. The van der Waals surface area contributed by atoms with Gasteiger partial charge < -0.3 is 10.6 Å². The summed E-state index contributed by atoms with van der Waals surface area (Å²) in [6.07, 6.45) is 0. The molecule has 4 aromatic rings. The van der Waals surface area contributed by atoms with E-state index in [2.05, 4.69) is 71.7 Å². The summed E-state index contributed by atoms with van der Waals surface area (Å²) in [5.41, 5.74) is 4.67. The summed E-state index contributed by atoms with van der Waals surface area (Å²) >= 11 is 13.6. The van der Waals surface area contributed by atoms with Gasteiger partial charge in [0, 0.05) is 11.6 Å². The fraction of sp³-hybridized carbons (Fsp3) is 0.0370. The van der Waals surface area contributed by atoms with Gasteiger partial charge in [0.1, 0.15) is 0 Å². The van der Waals surface area contributed by atoms with Crippen molar-refractivity contribution in [2.45, 2.75) is 6.92 Å². The molecule has 0 saturated carbocycles. The number of benzene rings is 4. The Morgan fingerprint density at radius 2 is 1.36 bits per heavy atom. The maximum absolute atomic E-state index is 14.0. The van der Waals surface area contributed by atoms with Gasteiger partial charge in [0.2, 0.25) is 0 Å². The number of rotatable bonds is 6. The summed E-state index contributed by atoms with van der Waals surface area (Å²) < 4.78 is 43.1. The standard InChI is InChI=1S/C14H12ClIN2O2.C13H7BrF3IN2O2/c1-8-2-4-10(14(19)18-20)13(6-8)17-12-5-3-9(16)7-11(12)15;14-7-3-5(18)1-2-9(7)19-12-6(13(21)20-22)4-8(15)10(16)11(12)17/h2-7,17,20H,1H3,(H,18,19);1-4,19,22H,(H,20,21). The Labute approximate surface area is 278 Å². The fourth-order valence-electron chi connectivity index (χ4n) is 3.44. The predicted octanol–water partition coefficient (Wildman–Crippen LogP) is 8.45. The van der Waals surface area contributed by atoms with E-state index in [1.54, 1.807) is 35.8 Å². The summed E-state index contributed by atoms with van der Waals surface area (Å²) in [6.45, 7) is 1.92. The lowest BCUT2D eigenvalue weighted by molar-refractivity contribution is 0.0702. The smallest absolute Gasteiger partial charge is 0.276 e. The summed E-state index contributed by atoms with van der Waals surface area (Å²) in [6, 6.07) is 16.3. The number of carbonyl (C=O) groups excluding carboxylic acids is 2. The van der Waals surface area contributed by atoms with Crippen LogP contribution in [0.5, 0.6) is 0 Å². The largest absolute Gasteiger partial charge is 0.354 e. The van der Waals surface area contributed by atoms with Gasteiger partial charge in [0.25, 0.3) is 11.8 Å². The molecule has 6 N–H and O–H groups in total. The van der Waals surface area contributed by atoms with Crippen LogP contribution in [0.2, 0.25) is 5.02 Å². The Kier molecular flexibility index (Phi) is 12.2. The molecule has 2 amide bonds. The minimum absolute atomic E-state index is 0.331. The average molecular weight is 890 g/mol. The second-order valence-corrected chi connectivity index (χ2v) is 12.1. The highest BCUT2D eigenvalue weighted by atomic mass is 127. The average Bonchev–Trinajstić information content (AvgIpc) is 2.95. The van der Waals surface area contributed by atoms with Gasteiger partial charge in [-0.3, -0.25) is 20.0 Å². The van der Waals surface area contributed by atoms with Gasteiger partial charge >= 0.3 is 0 Å². The Morgan fingerprint density at radius 1 is 0.762 bits per heavy atom. The highest BCUT2D eigenvalue weighted by Crippen LogP contribution is 2.33. The normalized spacial score (nSPS) is 10.3. The molecule has 0 aliphatic heterocycles. The van der Waals surface area contributed by atoms with Crippen LogP contribution in [0.4, 0.5) is 35.9 Å². The van der Waals surface area contributed by atoms with Crippen LogP contribution in [0.15, 0.2) is 65.1 Å². The molecule has 4 aromatic carbocycles. The molecular formula is C27H19BrClF3I2N4O4. The molecule has 4 rings (SSSR count). The molecule has 0 fully saturated rings. The number of hydroxylamine groups is 2. The molecule has 0 atom stereocenters. The molecule has 0 heterocycles. The zero-order chi connectivity index (χ0) is 31.1. The van der Waals surface area contributed by atoms with Gasteiger partial charge in [0.15, 0.2) is 17.5 Å². The van der Waals surface area contributed by atoms with Gasteiger partial charge in [-0.05, 0) is 128 Å². The van der Waals surface area contributed by atoms with E-state index in [1.165, 1.54) is 5.48 Å². The predicted molar refractivity (Wildman–Crippen MR) is 174 cm³/mol. The molecule has 220 valence electrons. The summed E-state index contributed by atoms with van der Waals surface area (Å²) in [7, 11) is 0. The first-order chi connectivity index (χ1) is 19.9. The number of halogens is 7. The fourth-order valence-corrected chi connectivity index (χ4v) is 5.74. The quantitative estimate of drug-likeness (QED) is 0.0501. The van der Waals surface area contributed by atoms with E-state index in [-0.39, 0.29) is 0 Å². The van der Waals surface area contributed by atoms with E-state index in [0.717, 1.165) is 12.7 Å². The zero-order valence-corrected chi connectivity index (χ0v) is 27.8. The number of hydrogen-bond donors (Lipinski definition) is 6. The number of anilines is 4. The molecule has 0 saturated heterocycles. The molecule has 15 heteroatoms. The van der Waals surface area contributed by atoms with Crippen LogP contribution < -0.4 is 21.6 Å². The Bertz CT molecular complexity index is 1670. The van der Waals surface area contributed by atoms with Crippen LogP contribution in [0.25, 0.3) is 0 Å². The molecule has 0 bridgehead atoms. The van der Waals surface area contributed by atoms with Gasteiger partial charge in [-0.15, -0.1) is 0 Å². The van der Waals surface area contributed by atoms with Crippen molar-refractivity contribution in [3.63, 3.8) is 0 Å². The lowest BCUT2D eigenvalue weighted by atomic mass is 10.1. The van der Waals surface area contributed by atoms with Gasteiger partial charge in [-0.25, -0.2) is 24.1 Å². The molecule has 0 unspecified atom stereocenters. The van der Waals surface area contributed by atoms with E-state index >= 15 is 0 Å². The zero-order valence-electron chi connectivity index (χ0n) is 21.1. The van der Waals surface area contributed by atoms with E-state index < -0.39 is 40.5 Å². The van der Waals surface area contributed by atoms with Crippen molar-refractivity contribution in [3.8, 4) is 0 Å². The molecule has 0 aromatic heterocycles. The van der Waals surface area contributed by atoms with E-state index in [1.807, 2.05) is 31.2 Å². The van der Waals surface area contributed by atoms with Crippen LogP contribution in [0, 0.1) is 31.5 Å². The molecule has 0 radical (unpaired) electrons. The molecule has 0 aliphatic carbocycles. The van der Waals surface area contributed by atoms with E-state index in [4.69, 9.17) is 22.0 Å². The summed E-state index contributed by atoms with van der Waals surface area (Å²) in [4.78, 5) is 23.1.